The minimum Gasteiger partial charge on any atom is -0.452 e. The molecule has 1 heterocycles. The van der Waals surface area contributed by atoms with Crippen LogP contribution in [0.15, 0.2) is 59.5 Å². The Labute approximate surface area is 168 Å². The maximum atomic E-state index is 13.1. The number of carbonyl (C=O) groups is 3. The highest BCUT2D eigenvalue weighted by molar-refractivity contribution is 8.00. The third-order valence-corrected chi connectivity index (χ3v) is 5.47. The molecule has 0 bridgehead atoms. The van der Waals surface area contributed by atoms with Crippen molar-refractivity contribution in [3.63, 3.8) is 0 Å². The van der Waals surface area contributed by atoms with Crippen LogP contribution in [0.3, 0.4) is 0 Å². The van der Waals surface area contributed by atoms with Crippen molar-refractivity contribution in [2.24, 2.45) is 0 Å². The van der Waals surface area contributed by atoms with Gasteiger partial charge in [-0.2, -0.15) is 0 Å². The van der Waals surface area contributed by atoms with Gasteiger partial charge in [0.25, 0.3) is 5.91 Å². The highest BCUT2D eigenvalue weighted by atomic mass is 32.2. The maximum absolute atomic E-state index is 13.1. The van der Waals surface area contributed by atoms with Crippen molar-refractivity contribution < 1.29 is 19.1 Å². The van der Waals surface area contributed by atoms with Crippen molar-refractivity contribution in [1.82, 2.24) is 0 Å². The summed E-state index contributed by atoms with van der Waals surface area (Å²) in [5.74, 6) is -1.12. The van der Waals surface area contributed by atoms with Crippen LogP contribution in [-0.4, -0.2) is 35.2 Å². The molecule has 1 N–H and O–H groups in total. The molecule has 1 aliphatic rings. The number of nitrogens with zero attached hydrogens (tertiary/aromatic N) is 1. The second kappa shape index (κ2) is 8.06. The second-order valence-electron chi connectivity index (χ2n) is 6.94. The average molecular weight is 398 g/mol. The monoisotopic (exact) mass is 398 g/mol. The fourth-order valence-electron chi connectivity index (χ4n) is 2.97. The topological polar surface area (TPSA) is 75.7 Å². The van der Waals surface area contributed by atoms with E-state index in [1.165, 1.54) is 23.6 Å². The van der Waals surface area contributed by atoms with Gasteiger partial charge in [-0.3, -0.25) is 19.3 Å². The molecule has 1 aliphatic heterocycles. The van der Waals surface area contributed by atoms with Gasteiger partial charge in [0.1, 0.15) is 5.54 Å². The summed E-state index contributed by atoms with van der Waals surface area (Å²) >= 11 is 1.34. The SMILES string of the molecule is C[C@@H](OC(=O)CSc1ccccc1)C(=O)N1c2ccccc2NC(=O)C1(C)C. The Bertz CT molecular complexity index is 898. The fourth-order valence-corrected chi connectivity index (χ4v) is 3.67. The lowest BCUT2D eigenvalue weighted by molar-refractivity contribution is -0.151. The van der Waals surface area contributed by atoms with Crippen LogP contribution in [0.4, 0.5) is 11.4 Å². The number of ether oxygens (including phenoxy) is 1. The molecule has 0 spiro atoms. The summed E-state index contributed by atoms with van der Waals surface area (Å²) in [6, 6.07) is 16.5. The van der Waals surface area contributed by atoms with Crippen molar-refractivity contribution >= 4 is 40.9 Å². The Morgan fingerprint density at radius 3 is 2.46 bits per heavy atom. The molecule has 0 fully saturated rings. The van der Waals surface area contributed by atoms with Crippen LogP contribution < -0.4 is 10.2 Å². The van der Waals surface area contributed by atoms with Crippen molar-refractivity contribution in [1.29, 1.82) is 0 Å². The van der Waals surface area contributed by atoms with E-state index in [1.54, 1.807) is 38.1 Å². The summed E-state index contributed by atoms with van der Waals surface area (Å²) in [7, 11) is 0. The van der Waals surface area contributed by atoms with Crippen LogP contribution in [0.2, 0.25) is 0 Å². The van der Waals surface area contributed by atoms with Crippen LogP contribution in [0.1, 0.15) is 20.8 Å². The molecular formula is C21H22N2O4S. The molecular weight excluding hydrogens is 376 g/mol. The quantitative estimate of drug-likeness (QED) is 0.616. The van der Waals surface area contributed by atoms with Gasteiger partial charge in [-0.15, -0.1) is 11.8 Å². The van der Waals surface area contributed by atoms with Gasteiger partial charge in [-0.25, -0.2) is 0 Å². The number of amides is 2. The van der Waals surface area contributed by atoms with E-state index < -0.39 is 23.5 Å². The zero-order chi connectivity index (χ0) is 20.3. The van der Waals surface area contributed by atoms with E-state index in [9.17, 15) is 14.4 Å². The van der Waals surface area contributed by atoms with Gasteiger partial charge in [0.15, 0.2) is 6.10 Å². The molecule has 2 aromatic rings. The maximum Gasteiger partial charge on any atom is 0.317 e. The lowest BCUT2D eigenvalue weighted by atomic mass is 9.95. The zero-order valence-electron chi connectivity index (χ0n) is 16.0. The Hall–Kier alpha value is -2.80. The predicted octanol–water partition coefficient (Wildman–Crippen LogP) is 3.47. The average Bonchev–Trinajstić information content (AvgIpc) is 2.67. The molecule has 0 aromatic heterocycles. The molecule has 0 unspecified atom stereocenters. The molecule has 0 saturated heterocycles. The highest BCUT2D eigenvalue weighted by Crippen LogP contribution is 2.37. The standard InChI is InChI=1S/C21H22N2O4S/c1-14(27-18(24)13-28-15-9-5-4-6-10-15)19(25)23-17-12-8-7-11-16(17)22-20(26)21(23,2)3/h4-12,14H,13H2,1-3H3,(H,22,26)/t14-/m1/s1. The van der Waals surface area contributed by atoms with Gasteiger partial charge in [0.05, 0.1) is 17.1 Å². The van der Waals surface area contributed by atoms with Gasteiger partial charge in [-0.05, 0) is 45.0 Å². The molecule has 0 aliphatic carbocycles. The first-order valence-corrected chi connectivity index (χ1v) is 9.91. The van der Waals surface area contributed by atoms with Crippen molar-refractivity contribution in [2.75, 3.05) is 16.0 Å². The summed E-state index contributed by atoms with van der Waals surface area (Å²) in [6.45, 7) is 4.85. The number of esters is 1. The number of carbonyl (C=O) groups excluding carboxylic acids is 3. The first-order valence-electron chi connectivity index (χ1n) is 8.92. The van der Waals surface area contributed by atoms with Gasteiger partial charge >= 0.3 is 5.97 Å². The number of anilines is 2. The number of rotatable bonds is 5. The van der Waals surface area contributed by atoms with Crippen molar-refractivity contribution in [2.45, 2.75) is 37.3 Å². The van der Waals surface area contributed by atoms with E-state index in [2.05, 4.69) is 5.32 Å². The third kappa shape index (κ3) is 4.04. The normalized spacial score (nSPS) is 16.0. The number of hydrogen-bond acceptors (Lipinski definition) is 5. The first-order chi connectivity index (χ1) is 13.3. The van der Waals surface area contributed by atoms with Crippen LogP contribution in [0, 0.1) is 0 Å². The Morgan fingerprint density at radius 1 is 1.11 bits per heavy atom. The summed E-state index contributed by atoms with van der Waals surface area (Å²) < 4.78 is 5.35. The van der Waals surface area contributed by atoms with Gasteiger partial charge < -0.3 is 10.1 Å². The number of thioether (sulfide) groups is 1. The van der Waals surface area contributed by atoms with Gasteiger partial charge in [-0.1, -0.05) is 30.3 Å². The lowest BCUT2D eigenvalue weighted by Gasteiger charge is -2.42. The molecule has 3 rings (SSSR count). The molecule has 146 valence electrons. The number of nitrogens with one attached hydrogen (secondary N) is 1. The van der Waals surface area contributed by atoms with E-state index >= 15 is 0 Å². The smallest absolute Gasteiger partial charge is 0.317 e. The van der Waals surface area contributed by atoms with Crippen LogP contribution >= 0.6 is 11.8 Å². The number of para-hydroxylation sites is 2. The third-order valence-electron chi connectivity index (χ3n) is 4.48. The highest BCUT2D eigenvalue weighted by Gasteiger charge is 2.45. The second-order valence-corrected chi connectivity index (χ2v) is 7.99. The van der Waals surface area contributed by atoms with Crippen LogP contribution in [0.25, 0.3) is 0 Å². The molecule has 0 saturated carbocycles. The number of hydrogen-bond donors (Lipinski definition) is 1. The van der Waals surface area contributed by atoms with E-state index in [0.29, 0.717) is 11.4 Å². The minimum atomic E-state index is -1.11. The van der Waals surface area contributed by atoms with Gasteiger partial charge in [0.2, 0.25) is 5.91 Å². The Balaban J connectivity index is 1.71. The van der Waals surface area contributed by atoms with Crippen molar-refractivity contribution in [3.05, 3.63) is 54.6 Å². The number of benzene rings is 2. The Morgan fingerprint density at radius 2 is 1.75 bits per heavy atom. The number of fused-ring (bicyclic) bond motifs is 1. The first kappa shape index (κ1) is 19.9. The van der Waals surface area contributed by atoms with Crippen LogP contribution in [0.5, 0.6) is 0 Å². The molecule has 2 aromatic carbocycles. The lowest BCUT2D eigenvalue weighted by Crippen LogP contribution is -2.60. The Kier molecular flexibility index (Phi) is 5.74. The molecule has 0 radical (unpaired) electrons. The predicted molar refractivity (Wildman–Crippen MR) is 109 cm³/mol. The molecule has 2 amide bonds. The zero-order valence-corrected chi connectivity index (χ0v) is 16.8. The fraction of sp³-hybridized carbons (Fsp3) is 0.286. The summed E-state index contributed by atoms with van der Waals surface area (Å²) in [5.41, 5.74) is 0.0298. The van der Waals surface area contributed by atoms with Crippen LogP contribution in [-0.2, 0) is 19.1 Å². The summed E-state index contributed by atoms with van der Waals surface area (Å²) in [5, 5.41) is 2.81. The van der Waals surface area contributed by atoms with E-state index in [4.69, 9.17) is 4.74 Å². The van der Waals surface area contributed by atoms with Gasteiger partial charge in [0, 0.05) is 4.90 Å². The van der Waals surface area contributed by atoms with Crippen molar-refractivity contribution in [3.8, 4) is 0 Å². The van der Waals surface area contributed by atoms with E-state index in [-0.39, 0.29) is 11.7 Å². The minimum absolute atomic E-state index is 0.0993. The molecule has 1 atom stereocenters. The largest absolute Gasteiger partial charge is 0.452 e. The molecule has 6 nitrogen and oxygen atoms in total. The van der Waals surface area contributed by atoms with E-state index in [0.717, 1.165) is 4.90 Å². The molecule has 7 heteroatoms. The van der Waals surface area contributed by atoms with E-state index in [1.807, 2.05) is 30.3 Å². The summed E-state index contributed by atoms with van der Waals surface area (Å²) in [6.07, 6.45) is -1.01. The molecule has 28 heavy (non-hydrogen) atoms. The summed E-state index contributed by atoms with van der Waals surface area (Å²) in [4.78, 5) is 40.1.